The maximum atomic E-state index is 12.8. The summed E-state index contributed by atoms with van der Waals surface area (Å²) in [5, 5.41) is 1.70. The summed E-state index contributed by atoms with van der Waals surface area (Å²) in [7, 11) is -3.62. The van der Waals surface area contributed by atoms with Crippen molar-refractivity contribution in [2.24, 2.45) is 0 Å². The second-order valence-corrected chi connectivity index (χ2v) is 10.1. The van der Waals surface area contributed by atoms with Gasteiger partial charge in [0.2, 0.25) is 0 Å². The molecule has 0 radical (unpaired) electrons. The topological polar surface area (TPSA) is 96.0 Å². The van der Waals surface area contributed by atoms with Crippen LogP contribution in [0.2, 0.25) is 0 Å². The first-order chi connectivity index (χ1) is 14.4. The van der Waals surface area contributed by atoms with Crippen LogP contribution in [0.15, 0.2) is 46.0 Å². The number of nitrogens with one attached hydrogen (secondary N) is 1. The molecule has 0 saturated carbocycles. The van der Waals surface area contributed by atoms with Crippen molar-refractivity contribution in [3.05, 3.63) is 47.3 Å². The maximum absolute atomic E-state index is 12.8. The number of ether oxygens (including phenoxy) is 1. The number of hydrogen-bond donors (Lipinski definition) is 1. The zero-order chi connectivity index (χ0) is 21.1. The summed E-state index contributed by atoms with van der Waals surface area (Å²) in [6.45, 7) is 2.54. The number of anilines is 1. The normalized spacial score (nSPS) is 19.7. The molecule has 0 bridgehead atoms. The van der Waals surface area contributed by atoms with E-state index in [-0.39, 0.29) is 22.1 Å². The van der Waals surface area contributed by atoms with E-state index in [1.807, 2.05) is 0 Å². The minimum absolute atomic E-state index is 0.0157. The fourth-order valence-corrected chi connectivity index (χ4v) is 5.64. The molecule has 160 valence electrons. The number of benzene rings is 1. The van der Waals surface area contributed by atoms with Gasteiger partial charge in [-0.25, -0.2) is 8.42 Å². The van der Waals surface area contributed by atoms with Gasteiger partial charge in [-0.1, -0.05) is 6.07 Å². The summed E-state index contributed by atoms with van der Waals surface area (Å²) in [6.07, 6.45) is 1.34. The Morgan fingerprint density at radius 2 is 1.73 bits per heavy atom. The number of amides is 2. The van der Waals surface area contributed by atoms with Crippen LogP contribution in [0.3, 0.4) is 0 Å². The summed E-state index contributed by atoms with van der Waals surface area (Å²) in [5.74, 6) is -0.117. The smallest absolute Gasteiger partial charge is 0.271 e. The highest BCUT2D eigenvalue weighted by Gasteiger charge is 2.31. The van der Waals surface area contributed by atoms with E-state index in [2.05, 4.69) is 4.72 Å². The molecule has 2 aliphatic heterocycles. The first kappa shape index (κ1) is 20.8. The molecule has 10 heteroatoms. The van der Waals surface area contributed by atoms with Crippen molar-refractivity contribution in [1.29, 1.82) is 0 Å². The van der Waals surface area contributed by atoms with Gasteiger partial charge < -0.3 is 14.5 Å². The van der Waals surface area contributed by atoms with Crippen LogP contribution in [0.4, 0.5) is 5.69 Å². The average molecular weight is 450 g/mol. The molecular formula is C20H23N3O5S2. The standard InChI is InChI=1S/C20H23N3O5S2/c24-19(22-9-11-23(12-10-22)20(25)17-3-1-13-28-17)15-5-7-16(8-6-15)21-30(26,27)18-4-2-14-29-18/h2,4-8,14,17,21H,1,3,9-13H2. The molecule has 2 fully saturated rings. The van der Waals surface area contributed by atoms with Crippen molar-refractivity contribution >= 4 is 38.9 Å². The van der Waals surface area contributed by atoms with Gasteiger partial charge >= 0.3 is 0 Å². The largest absolute Gasteiger partial charge is 0.368 e. The fourth-order valence-electron chi connectivity index (χ4n) is 3.59. The SMILES string of the molecule is O=C(c1ccc(NS(=O)(=O)c2cccs2)cc1)N1CCN(C(=O)C2CCCO2)CC1. The van der Waals surface area contributed by atoms with E-state index in [9.17, 15) is 18.0 Å². The van der Waals surface area contributed by atoms with Gasteiger partial charge in [-0.2, -0.15) is 0 Å². The molecule has 1 unspecified atom stereocenters. The van der Waals surface area contributed by atoms with Crippen molar-refractivity contribution in [2.45, 2.75) is 23.2 Å². The van der Waals surface area contributed by atoms with E-state index >= 15 is 0 Å². The Hall–Kier alpha value is -2.43. The molecule has 2 aliphatic rings. The molecule has 2 saturated heterocycles. The maximum Gasteiger partial charge on any atom is 0.271 e. The zero-order valence-electron chi connectivity index (χ0n) is 16.3. The number of nitrogens with zero attached hydrogens (tertiary/aromatic N) is 2. The Morgan fingerprint density at radius 3 is 2.33 bits per heavy atom. The third kappa shape index (κ3) is 4.50. The molecule has 0 spiro atoms. The summed E-state index contributed by atoms with van der Waals surface area (Å²) < 4.78 is 32.8. The first-order valence-corrected chi connectivity index (χ1v) is 12.2. The number of piperazine rings is 1. The van der Waals surface area contributed by atoms with Gasteiger partial charge in [0.15, 0.2) is 0 Å². The molecule has 1 N–H and O–H groups in total. The Morgan fingerprint density at radius 1 is 1.03 bits per heavy atom. The number of carbonyl (C=O) groups is 2. The number of carbonyl (C=O) groups excluding carboxylic acids is 2. The van der Waals surface area contributed by atoms with Crippen LogP contribution in [-0.2, 0) is 19.6 Å². The predicted molar refractivity (Wildman–Crippen MR) is 113 cm³/mol. The Labute approximate surface area is 179 Å². The van der Waals surface area contributed by atoms with Crippen molar-refractivity contribution in [3.63, 3.8) is 0 Å². The van der Waals surface area contributed by atoms with Gasteiger partial charge in [0, 0.05) is 44.0 Å². The first-order valence-electron chi connectivity index (χ1n) is 9.80. The van der Waals surface area contributed by atoms with Gasteiger partial charge in [0.1, 0.15) is 10.3 Å². The second kappa shape index (κ2) is 8.75. The monoisotopic (exact) mass is 449 g/mol. The number of thiophene rings is 1. The zero-order valence-corrected chi connectivity index (χ0v) is 18.0. The van der Waals surface area contributed by atoms with Gasteiger partial charge in [0.05, 0.1) is 0 Å². The van der Waals surface area contributed by atoms with Crippen LogP contribution in [0.1, 0.15) is 23.2 Å². The van der Waals surface area contributed by atoms with E-state index in [0.717, 1.165) is 24.2 Å². The summed E-state index contributed by atoms with van der Waals surface area (Å²) in [5.41, 5.74) is 0.875. The highest BCUT2D eigenvalue weighted by atomic mass is 32.2. The lowest BCUT2D eigenvalue weighted by Crippen LogP contribution is -2.52. The predicted octanol–water partition coefficient (Wildman–Crippen LogP) is 2.01. The van der Waals surface area contributed by atoms with Gasteiger partial charge in [-0.3, -0.25) is 14.3 Å². The molecule has 1 aromatic heterocycles. The second-order valence-electron chi connectivity index (χ2n) is 7.23. The molecule has 4 rings (SSSR count). The van der Waals surface area contributed by atoms with Crippen molar-refractivity contribution in [2.75, 3.05) is 37.5 Å². The molecule has 2 aromatic rings. The number of rotatable bonds is 5. The van der Waals surface area contributed by atoms with Crippen LogP contribution >= 0.6 is 11.3 Å². The van der Waals surface area contributed by atoms with Crippen LogP contribution in [0.25, 0.3) is 0 Å². The van der Waals surface area contributed by atoms with Crippen molar-refractivity contribution in [3.8, 4) is 0 Å². The summed E-state index contributed by atoms with van der Waals surface area (Å²) in [6, 6.07) is 9.59. The quantitative estimate of drug-likeness (QED) is 0.753. The molecular weight excluding hydrogens is 426 g/mol. The number of sulfonamides is 1. The molecule has 1 atom stereocenters. The third-order valence-electron chi connectivity index (χ3n) is 5.23. The Bertz CT molecular complexity index is 992. The highest BCUT2D eigenvalue weighted by Crippen LogP contribution is 2.21. The Balaban J connectivity index is 1.33. The molecule has 2 amide bonds. The fraction of sp³-hybridized carbons (Fsp3) is 0.400. The number of hydrogen-bond acceptors (Lipinski definition) is 6. The van der Waals surface area contributed by atoms with Crippen molar-refractivity contribution < 1.29 is 22.7 Å². The molecule has 1 aromatic carbocycles. The van der Waals surface area contributed by atoms with Gasteiger partial charge in [0.25, 0.3) is 21.8 Å². The summed E-state index contributed by atoms with van der Waals surface area (Å²) >= 11 is 1.14. The van der Waals surface area contributed by atoms with Crippen LogP contribution in [0.5, 0.6) is 0 Å². The molecule has 3 heterocycles. The summed E-state index contributed by atoms with van der Waals surface area (Å²) in [4.78, 5) is 28.7. The van der Waals surface area contributed by atoms with Crippen LogP contribution < -0.4 is 4.72 Å². The van der Waals surface area contributed by atoms with E-state index in [4.69, 9.17) is 4.74 Å². The van der Waals surface area contributed by atoms with E-state index in [1.165, 1.54) is 6.07 Å². The third-order valence-corrected chi connectivity index (χ3v) is 8.01. The van der Waals surface area contributed by atoms with Gasteiger partial charge in [-0.15, -0.1) is 11.3 Å². The van der Waals surface area contributed by atoms with E-state index in [1.54, 1.807) is 45.5 Å². The lowest BCUT2D eigenvalue weighted by atomic mass is 10.1. The Kier molecular flexibility index (Phi) is 6.07. The van der Waals surface area contributed by atoms with E-state index < -0.39 is 10.0 Å². The molecule has 30 heavy (non-hydrogen) atoms. The van der Waals surface area contributed by atoms with Crippen molar-refractivity contribution in [1.82, 2.24) is 9.80 Å². The highest BCUT2D eigenvalue weighted by molar-refractivity contribution is 7.94. The van der Waals surface area contributed by atoms with Gasteiger partial charge in [-0.05, 0) is 48.6 Å². The molecule has 8 nitrogen and oxygen atoms in total. The minimum atomic E-state index is -3.62. The average Bonchev–Trinajstić information content (AvgIpc) is 3.48. The van der Waals surface area contributed by atoms with Crippen LogP contribution in [-0.4, -0.2) is 68.9 Å². The molecule has 0 aliphatic carbocycles. The van der Waals surface area contributed by atoms with Crippen LogP contribution in [0, 0.1) is 0 Å². The lowest BCUT2D eigenvalue weighted by molar-refractivity contribution is -0.142. The minimum Gasteiger partial charge on any atom is -0.368 e. The van der Waals surface area contributed by atoms with E-state index in [0.29, 0.717) is 44.0 Å². The lowest BCUT2D eigenvalue weighted by Gasteiger charge is -2.35.